The van der Waals surface area contributed by atoms with E-state index in [1.165, 1.54) is 0 Å². The lowest BCUT2D eigenvalue weighted by Crippen LogP contribution is -2.33. The first-order valence-electron chi connectivity index (χ1n) is 6.39. The third kappa shape index (κ3) is 2.92. The minimum atomic E-state index is -2.84. The van der Waals surface area contributed by atoms with Crippen LogP contribution in [0.3, 0.4) is 0 Å². The van der Waals surface area contributed by atoms with Gasteiger partial charge in [0, 0.05) is 25.2 Å². The largest absolute Gasteiger partial charge is 0.327 e. The second-order valence-corrected chi connectivity index (χ2v) is 7.36. The quantitative estimate of drug-likeness (QED) is 0.853. The topological polar surface area (TPSA) is 78.0 Å². The minimum Gasteiger partial charge on any atom is -0.327 e. The van der Waals surface area contributed by atoms with Crippen molar-refractivity contribution in [2.24, 2.45) is 18.7 Å². The number of hydrogen-bond donors (Lipinski definition) is 1. The summed E-state index contributed by atoms with van der Waals surface area (Å²) in [5, 5.41) is 4.38. The van der Waals surface area contributed by atoms with Crippen molar-refractivity contribution in [1.29, 1.82) is 0 Å². The van der Waals surface area contributed by atoms with Crippen LogP contribution in [0.25, 0.3) is 0 Å². The molecule has 2 N–H and O–H groups in total. The average Bonchev–Trinajstić information content (AvgIpc) is 2.82. The van der Waals surface area contributed by atoms with E-state index in [4.69, 9.17) is 5.73 Å². The average molecular weight is 271 g/mol. The molecule has 0 amide bonds. The van der Waals surface area contributed by atoms with E-state index in [1.807, 2.05) is 11.7 Å². The van der Waals surface area contributed by atoms with Gasteiger partial charge in [-0.25, -0.2) is 8.42 Å². The summed E-state index contributed by atoms with van der Waals surface area (Å²) in [5.41, 5.74) is 8.29. The van der Waals surface area contributed by atoms with Gasteiger partial charge in [0.1, 0.15) is 0 Å². The number of nitrogens with two attached hydrogens (primary N) is 1. The smallest absolute Gasteiger partial charge is 0.150 e. The van der Waals surface area contributed by atoms with Crippen LogP contribution < -0.4 is 5.73 Å². The van der Waals surface area contributed by atoms with Crippen LogP contribution in [-0.2, 0) is 29.7 Å². The summed E-state index contributed by atoms with van der Waals surface area (Å²) in [4.78, 5) is 0. The molecule has 1 aliphatic heterocycles. The Morgan fingerprint density at radius 3 is 2.83 bits per heavy atom. The Bertz CT molecular complexity index is 521. The summed E-state index contributed by atoms with van der Waals surface area (Å²) in [6.45, 7) is 2.07. The number of hydrogen-bond acceptors (Lipinski definition) is 4. The Morgan fingerprint density at radius 1 is 1.61 bits per heavy atom. The fraction of sp³-hybridized carbons (Fsp3) is 0.750. The van der Waals surface area contributed by atoms with Crippen LogP contribution in [0.1, 0.15) is 24.7 Å². The fourth-order valence-corrected chi connectivity index (χ4v) is 4.40. The standard InChI is InChI=1S/C12H21N3O2S/c1-3-10-6-11(15(2)14-10)7-12(13)9-4-5-18(16,17)8-9/h6,9,12H,3-5,7-8,13H2,1-2H3. The molecule has 1 aromatic heterocycles. The normalized spacial score (nSPS) is 24.3. The monoisotopic (exact) mass is 271 g/mol. The molecule has 2 rings (SSSR count). The molecule has 0 spiro atoms. The summed E-state index contributed by atoms with van der Waals surface area (Å²) < 4.78 is 24.7. The lowest BCUT2D eigenvalue weighted by molar-refractivity contribution is 0.451. The number of aryl methyl sites for hydroxylation is 2. The summed E-state index contributed by atoms with van der Waals surface area (Å²) in [5.74, 6) is 0.624. The number of rotatable bonds is 4. The molecule has 0 bridgehead atoms. The van der Waals surface area contributed by atoms with Gasteiger partial charge in [0.25, 0.3) is 0 Å². The lowest BCUT2D eigenvalue weighted by Gasteiger charge is -2.17. The van der Waals surface area contributed by atoms with Crippen LogP contribution in [0, 0.1) is 5.92 Å². The lowest BCUT2D eigenvalue weighted by atomic mass is 9.96. The van der Waals surface area contributed by atoms with Crippen molar-refractivity contribution in [1.82, 2.24) is 9.78 Å². The van der Waals surface area contributed by atoms with Gasteiger partial charge >= 0.3 is 0 Å². The van der Waals surface area contributed by atoms with E-state index in [2.05, 4.69) is 18.1 Å². The van der Waals surface area contributed by atoms with Crippen molar-refractivity contribution < 1.29 is 8.42 Å². The highest BCUT2D eigenvalue weighted by molar-refractivity contribution is 7.91. The van der Waals surface area contributed by atoms with Gasteiger partial charge in [-0.3, -0.25) is 4.68 Å². The minimum absolute atomic E-state index is 0.0926. The Hall–Kier alpha value is -0.880. The molecule has 1 fully saturated rings. The second-order valence-electron chi connectivity index (χ2n) is 5.14. The van der Waals surface area contributed by atoms with Crippen LogP contribution in [0.2, 0.25) is 0 Å². The molecular weight excluding hydrogens is 250 g/mol. The van der Waals surface area contributed by atoms with Gasteiger partial charge in [-0.1, -0.05) is 6.92 Å². The molecule has 6 heteroatoms. The molecular formula is C12H21N3O2S. The zero-order valence-electron chi connectivity index (χ0n) is 11.0. The third-order valence-corrected chi connectivity index (χ3v) is 5.50. The van der Waals surface area contributed by atoms with Gasteiger partial charge < -0.3 is 5.73 Å². The molecule has 0 aliphatic carbocycles. The van der Waals surface area contributed by atoms with Gasteiger partial charge in [-0.2, -0.15) is 5.10 Å². The highest BCUT2D eigenvalue weighted by Gasteiger charge is 2.32. The van der Waals surface area contributed by atoms with Crippen LogP contribution in [0.5, 0.6) is 0 Å². The first-order valence-corrected chi connectivity index (χ1v) is 8.21. The van der Waals surface area contributed by atoms with E-state index < -0.39 is 9.84 Å². The zero-order valence-corrected chi connectivity index (χ0v) is 11.8. The van der Waals surface area contributed by atoms with E-state index in [0.717, 1.165) is 17.8 Å². The summed E-state index contributed by atoms with van der Waals surface area (Å²) in [6, 6.07) is 1.96. The van der Waals surface area contributed by atoms with Crippen molar-refractivity contribution in [3.05, 3.63) is 17.5 Å². The molecule has 2 heterocycles. The van der Waals surface area contributed by atoms with Gasteiger partial charge in [-0.05, 0) is 24.8 Å². The highest BCUT2D eigenvalue weighted by atomic mass is 32.2. The number of aromatic nitrogens is 2. The molecule has 1 aliphatic rings. The third-order valence-electron chi connectivity index (χ3n) is 3.71. The predicted molar refractivity (Wildman–Crippen MR) is 71.0 cm³/mol. The molecule has 0 radical (unpaired) electrons. The van der Waals surface area contributed by atoms with E-state index in [-0.39, 0.29) is 23.5 Å². The van der Waals surface area contributed by atoms with Gasteiger partial charge in [0.05, 0.1) is 17.2 Å². The molecule has 5 nitrogen and oxygen atoms in total. The van der Waals surface area contributed by atoms with Crippen LogP contribution in [0.15, 0.2) is 6.07 Å². The van der Waals surface area contributed by atoms with Gasteiger partial charge in [0.2, 0.25) is 0 Å². The first-order chi connectivity index (χ1) is 8.41. The first kappa shape index (κ1) is 13.5. The maximum absolute atomic E-state index is 11.4. The second kappa shape index (κ2) is 5.01. The van der Waals surface area contributed by atoms with E-state index in [9.17, 15) is 8.42 Å². The van der Waals surface area contributed by atoms with Gasteiger partial charge in [-0.15, -0.1) is 0 Å². The van der Waals surface area contributed by atoms with Crippen molar-refractivity contribution >= 4 is 9.84 Å². The van der Waals surface area contributed by atoms with Crippen molar-refractivity contribution in [2.75, 3.05) is 11.5 Å². The molecule has 102 valence electrons. The molecule has 2 unspecified atom stereocenters. The number of nitrogens with zero attached hydrogens (tertiary/aromatic N) is 2. The van der Waals surface area contributed by atoms with Crippen molar-refractivity contribution in [2.45, 2.75) is 32.2 Å². The van der Waals surface area contributed by atoms with Crippen molar-refractivity contribution in [3.8, 4) is 0 Å². The van der Waals surface area contributed by atoms with E-state index >= 15 is 0 Å². The fourth-order valence-electron chi connectivity index (χ4n) is 2.50. The van der Waals surface area contributed by atoms with Crippen molar-refractivity contribution in [3.63, 3.8) is 0 Å². The number of sulfone groups is 1. The summed E-state index contributed by atoms with van der Waals surface area (Å²) in [6.07, 6.45) is 2.30. The zero-order chi connectivity index (χ0) is 13.3. The Balaban J connectivity index is 2.03. The van der Waals surface area contributed by atoms with Crippen LogP contribution in [0.4, 0.5) is 0 Å². The molecule has 2 atom stereocenters. The van der Waals surface area contributed by atoms with E-state index in [1.54, 1.807) is 0 Å². The van der Waals surface area contributed by atoms with E-state index in [0.29, 0.717) is 12.8 Å². The van der Waals surface area contributed by atoms with Crippen LogP contribution in [-0.4, -0.2) is 35.7 Å². The predicted octanol–water partition coefficient (Wildman–Crippen LogP) is 0.287. The SMILES string of the molecule is CCc1cc(CC(N)C2CCS(=O)(=O)C2)n(C)n1. The molecule has 0 aromatic carbocycles. The Morgan fingerprint density at radius 2 is 2.33 bits per heavy atom. The molecule has 1 aromatic rings. The Kier molecular flexibility index (Phi) is 3.77. The van der Waals surface area contributed by atoms with Gasteiger partial charge in [0.15, 0.2) is 9.84 Å². The molecule has 18 heavy (non-hydrogen) atoms. The maximum atomic E-state index is 11.4. The van der Waals surface area contributed by atoms with Crippen LogP contribution >= 0.6 is 0 Å². The summed E-state index contributed by atoms with van der Waals surface area (Å²) in [7, 11) is -0.935. The molecule has 1 saturated heterocycles. The summed E-state index contributed by atoms with van der Waals surface area (Å²) >= 11 is 0. The Labute approximate surface area is 108 Å². The maximum Gasteiger partial charge on any atom is 0.150 e. The molecule has 0 saturated carbocycles. The highest BCUT2D eigenvalue weighted by Crippen LogP contribution is 2.22.